The summed E-state index contributed by atoms with van der Waals surface area (Å²) in [5, 5.41) is 1.89. The van der Waals surface area contributed by atoms with Crippen molar-refractivity contribution in [3.63, 3.8) is 0 Å². The summed E-state index contributed by atoms with van der Waals surface area (Å²) in [7, 11) is 0. The fourth-order valence-corrected chi connectivity index (χ4v) is 5.24. The summed E-state index contributed by atoms with van der Waals surface area (Å²) in [6, 6.07) is 16.8. The van der Waals surface area contributed by atoms with Gasteiger partial charge in [0.1, 0.15) is 5.84 Å². The third kappa shape index (κ3) is 3.54. The van der Waals surface area contributed by atoms with E-state index >= 15 is 0 Å². The number of para-hydroxylation sites is 2. The van der Waals surface area contributed by atoms with Crippen LogP contribution in [0.3, 0.4) is 0 Å². The highest BCUT2D eigenvalue weighted by molar-refractivity contribution is 8.13. The molecular weight excluding hydrogens is 402 g/mol. The molecule has 3 aliphatic heterocycles. The van der Waals surface area contributed by atoms with Crippen LogP contribution in [0.15, 0.2) is 58.5 Å². The van der Waals surface area contributed by atoms with Crippen molar-refractivity contribution in [1.82, 2.24) is 9.80 Å². The molecule has 3 heterocycles. The Morgan fingerprint density at radius 2 is 1.79 bits per heavy atom. The van der Waals surface area contributed by atoms with Gasteiger partial charge in [0.2, 0.25) is 0 Å². The van der Waals surface area contributed by atoms with Crippen molar-refractivity contribution in [3.8, 4) is 0 Å². The molecule has 0 aliphatic carbocycles. The molecule has 2 aromatic rings. The average molecular weight is 426 g/mol. The topological polar surface area (TPSA) is 34.4 Å². The van der Waals surface area contributed by atoms with E-state index in [0.717, 1.165) is 72.2 Å². The summed E-state index contributed by atoms with van der Waals surface area (Å²) in [5.41, 5.74) is 3.32. The van der Waals surface area contributed by atoms with E-state index in [0.29, 0.717) is 6.04 Å². The summed E-state index contributed by atoms with van der Waals surface area (Å²) < 4.78 is 0. The molecule has 0 amide bonds. The van der Waals surface area contributed by atoms with Crippen molar-refractivity contribution in [2.24, 2.45) is 9.98 Å². The van der Waals surface area contributed by atoms with E-state index in [1.165, 1.54) is 0 Å². The lowest BCUT2D eigenvalue weighted by Gasteiger charge is -2.39. The molecule has 1 saturated heterocycles. The monoisotopic (exact) mass is 425 g/mol. The molecule has 0 N–H and O–H groups in total. The van der Waals surface area contributed by atoms with Gasteiger partial charge in [0.25, 0.3) is 0 Å². The normalized spacial score (nSPS) is 21.5. The number of anilines is 1. The Kier molecular flexibility index (Phi) is 5.24. The van der Waals surface area contributed by atoms with E-state index in [4.69, 9.17) is 21.6 Å². The lowest BCUT2D eigenvalue weighted by atomic mass is 10.1. The molecule has 150 valence electrons. The summed E-state index contributed by atoms with van der Waals surface area (Å²) >= 11 is 8.09. The molecule has 2 aromatic carbocycles. The van der Waals surface area contributed by atoms with Gasteiger partial charge in [-0.1, -0.05) is 47.6 Å². The zero-order valence-electron chi connectivity index (χ0n) is 16.5. The number of aliphatic imine (C=N–C) groups is 2. The molecule has 0 bridgehead atoms. The van der Waals surface area contributed by atoms with Gasteiger partial charge in [-0.25, -0.2) is 4.99 Å². The van der Waals surface area contributed by atoms with Crippen LogP contribution in [0.25, 0.3) is 0 Å². The lowest BCUT2D eigenvalue weighted by Crippen LogP contribution is -2.53. The molecule has 5 rings (SSSR count). The van der Waals surface area contributed by atoms with Crippen molar-refractivity contribution in [3.05, 3.63) is 59.1 Å². The van der Waals surface area contributed by atoms with Crippen molar-refractivity contribution < 1.29 is 0 Å². The second kappa shape index (κ2) is 8.01. The smallest absolute Gasteiger partial charge is 0.170 e. The van der Waals surface area contributed by atoms with Gasteiger partial charge in [-0.15, -0.1) is 0 Å². The van der Waals surface area contributed by atoms with Gasteiger partial charge in [-0.2, -0.15) is 0 Å². The van der Waals surface area contributed by atoms with Gasteiger partial charge in [-0.3, -0.25) is 14.8 Å². The molecule has 1 unspecified atom stereocenters. The minimum Gasteiger partial charge on any atom is -0.368 e. The number of rotatable bonds is 3. The van der Waals surface area contributed by atoms with Gasteiger partial charge in [0, 0.05) is 38.3 Å². The maximum atomic E-state index is 6.39. The maximum Gasteiger partial charge on any atom is 0.170 e. The van der Waals surface area contributed by atoms with Crippen molar-refractivity contribution >= 4 is 45.7 Å². The van der Waals surface area contributed by atoms with Crippen LogP contribution in [0.2, 0.25) is 5.02 Å². The van der Waals surface area contributed by atoms with Crippen molar-refractivity contribution in [2.75, 3.05) is 50.4 Å². The molecule has 0 saturated carbocycles. The van der Waals surface area contributed by atoms with E-state index in [9.17, 15) is 0 Å². The number of thioether (sulfide) groups is 1. The zero-order chi connectivity index (χ0) is 19.8. The number of amidine groups is 2. The lowest BCUT2D eigenvalue weighted by molar-refractivity contribution is 0.221. The number of hydrogen-bond donors (Lipinski definition) is 0. The summed E-state index contributed by atoms with van der Waals surface area (Å²) in [5.74, 6) is 1.08. The molecule has 29 heavy (non-hydrogen) atoms. The largest absolute Gasteiger partial charge is 0.368 e. The number of benzene rings is 2. The highest BCUT2D eigenvalue weighted by Gasteiger charge is 2.37. The highest BCUT2D eigenvalue weighted by Crippen LogP contribution is 2.33. The van der Waals surface area contributed by atoms with E-state index in [1.54, 1.807) is 11.8 Å². The molecule has 5 nitrogen and oxygen atoms in total. The van der Waals surface area contributed by atoms with Gasteiger partial charge >= 0.3 is 0 Å². The SMILES string of the molecule is CSC1=Nc2ccccc2C2=NCC(CN3CCN(c4ccccc4Cl)CC3)N12. The Morgan fingerprint density at radius 3 is 2.59 bits per heavy atom. The van der Waals surface area contributed by atoms with E-state index in [-0.39, 0.29) is 0 Å². The summed E-state index contributed by atoms with van der Waals surface area (Å²) in [6.45, 7) is 5.90. The molecule has 0 aromatic heterocycles. The molecule has 0 radical (unpaired) electrons. The minimum absolute atomic E-state index is 0.344. The van der Waals surface area contributed by atoms with E-state index < -0.39 is 0 Å². The van der Waals surface area contributed by atoms with Gasteiger partial charge in [0.05, 0.1) is 29.0 Å². The molecular formula is C22H24ClN5S. The predicted octanol–water partition coefficient (Wildman–Crippen LogP) is 3.96. The van der Waals surface area contributed by atoms with Gasteiger partial charge < -0.3 is 4.90 Å². The number of nitrogens with zero attached hydrogens (tertiary/aromatic N) is 5. The Balaban J connectivity index is 1.27. The van der Waals surface area contributed by atoms with Crippen LogP contribution < -0.4 is 4.90 Å². The molecule has 3 aliphatic rings. The first kappa shape index (κ1) is 19.0. The zero-order valence-corrected chi connectivity index (χ0v) is 18.0. The minimum atomic E-state index is 0.344. The Hall–Kier alpha value is -2.02. The first-order valence-corrected chi connectivity index (χ1v) is 11.6. The van der Waals surface area contributed by atoms with Crippen LogP contribution in [0, 0.1) is 0 Å². The third-order valence-corrected chi connectivity index (χ3v) is 6.80. The third-order valence-electron chi connectivity index (χ3n) is 5.83. The molecule has 7 heteroatoms. The summed E-state index contributed by atoms with van der Waals surface area (Å²) in [6.07, 6.45) is 2.10. The Morgan fingerprint density at radius 1 is 1.03 bits per heavy atom. The number of piperazine rings is 1. The fourth-order valence-electron chi connectivity index (χ4n) is 4.36. The van der Waals surface area contributed by atoms with Crippen LogP contribution in [0.5, 0.6) is 0 Å². The van der Waals surface area contributed by atoms with Crippen LogP contribution in [0.4, 0.5) is 11.4 Å². The van der Waals surface area contributed by atoms with Crippen LogP contribution >= 0.6 is 23.4 Å². The summed E-state index contributed by atoms with van der Waals surface area (Å²) in [4.78, 5) is 17.1. The average Bonchev–Trinajstić information content (AvgIpc) is 3.18. The van der Waals surface area contributed by atoms with Crippen LogP contribution in [0.1, 0.15) is 5.56 Å². The first-order valence-electron chi connectivity index (χ1n) is 10.0. The molecule has 0 spiro atoms. The Labute approximate surface area is 181 Å². The fraction of sp³-hybridized carbons (Fsp3) is 0.364. The van der Waals surface area contributed by atoms with Crippen molar-refractivity contribution in [2.45, 2.75) is 6.04 Å². The first-order chi connectivity index (χ1) is 14.2. The Bertz CT molecular complexity index is 967. The standard InChI is InChI=1S/C22H24ClN5S/c1-29-22-25-19-8-4-2-6-17(19)21-24-14-16(28(21)22)15-26-10-12-27(13-11-26)20-9-5-3-7-18(20)23/h2-9,16H,10-15H2,1H3. The van der Waals surface area contributed by atoms with Gasteiger partial charge in [-0.05, 0) is 30.5 Å². The van der Waals surface area contributed by atoms with Gasteiger partial charge in [0.15, 0.2) is 5.17 Å². The molecule has 1 fully saturated rings. The van der Waals surface area contributed by atoms with E-state index in [1.807, 2.05) is 18.2 Å². The number of halogens is 1. The second-order valence-corrected chi connectivity index (χ2v) is 8.72. The predicted molar refractivity (Wildman–Crippen MR) is 124 cm³/mol. The molecule has 1 atom stereocenters. The quantitative estimate of drug-likeness (QED) is 0.745. The van der Waals surface area contributed by atoms with Crippen molar-refractivity contribution in [1.29, 1.82) is 0 Å². The van der Waals surface area contributed by atoms with Crippen LogP contribution in [-0.2, 0) is 0 Å². The number of hydrogen-bond acceptors (Lipinski definition) is 6. The second-order valence-electron chi connectivity index (χ2n) is 7.54. The number of fused-ring (bicyclic) bond motifs is 3. The van der Waals surface area contributed by atoms with E-state index in [2.05, 4.69) is 51.3 Å². The van der Waals surface area contributed by atoms with Crippen LogP contribution in [-0.4, -0.2) is 72.4 Å². The highest BCUT2D eigenvalue weighted by atomic mass is 35.5. The maximum absolute atomic E-state index is 6.39.